The molecule has 0 saturated carbocycles. The van der Waals surface area contributed by atoms with Gasteiger partial charge >= 0.3 is 11.9 Å². The van der Waals surface area contributed by atoms with Gasteiger partial charge in [-0.05, 0) is 18.9 Å². The number of hydrogen-bond acceptors (Lipinski definition) is 4. The predicted molar refractivity (Wildman–Crippen MR) is 75.3 cm³/mol. The first-order chi connectivity index (χ1) is 9.40. The van der Waals surface area contributed by atoms with Gasteiger partial charge in [0.25, 0.3) is 0 Å². The molecular formula is C13H14Cl2O5. The molecule has 0 saturated heterocycles. The summed E-state index contributed by atoms with van der Waals surface area (Å²) in [4.78, 5) is 23.3. The largest absolute Gasteiger partial charge is 0.494 e. The Morgan fingerprint density at radius 1 is 1.15 bits per heavy atom. The van der Waals surface area contributed by atoms with Crippen molar-refractivity contribution < 1.29 is 24.2 Å². The van der Waals surface area contributed by atoms with Gasteiger partial charge in [0, 0.05) is 0 Å². The van der Waals surface area contributed by atoms with E-state index in [0.29, 0.717) is 12.0 Å². The lowest BCUT2D eigenvalue weighted by Crippen LogP contribution is -2.14. The van der Waals surface area contributed by atoms with Crippen LogP contribution in [0, 0.1) is 0 Å². The van der Waals surface area contributed by atoms with Crippen LogP contribution < -0.4 is 4.74 Å². The molecular weight excluding hydrogens is 307 g/mol. The number of esters is 1. The van der Waals surface area contributed by atoms with Crippen LogP contribution in [0.5, 0.6) is 5.75 Å². The van der Waals surface area contributed by atoms with E-state index in [9.17, 15) is 14.7 Å². The molecule has 1 aromatic carbocycles. The zero-order chi connectivity index (χ0) is 15.4. The lowest BCUT2D eigenvalue weighted by Gasteiger charge is -2.17. The number of carboxylic acids is 1. The van der Waals surface area contributed by atoms with Crippen LogP contribution in [0.15, 0.2) is 0 Å². The van der Waals surface area contributed by atoms with E-state index in [2.05, 4.69) is 0 Å². The van der Waals surface area contributed by atoms with Gasteiger partial charge in [0.1, 0.15) is 5.56 Å². The van der Waals surface area contributed by atoms with Gasteiger partial charge in [0.05, 0.1) is 29.3 Å². The average molecular weight is 321 g/mol. The summed E-state index contributed by atoms with van der Waals surface area (Å²) in [6, 6.07) is 0. The fraction of sp³-hybridized carbons (Fsp3) is 0.385. The third kappa shape index (κ3) is 2.83. The summed E-state index contributed by atoms with van der Waals surface area (Å²) in [6.07, 6.45) is 0.378. The Labute approximate surface area is 126 Å². The van der Waals surface area contributed by atoms with Gasteiger partial charge in [-0.1, -0.05) is 30.1 Å². The molecule has 1 N–H and O–H groups in total. The molecule has 1 aromatic rings. The lowest BCUT2D eigenvalue weighted by molar-refractivity contribution is 0.0525. The van der Waals surface area contributed by atoms with Crippen LogP contribution in [0.2, 0.25) is 10.0 Å². The van der Waals surface area contributed by atoms with Gasteiger partial charge in [0.15, 0.2) is 5.75 Å². The van der Waals surface area contributed by atoms with Crippen molar-refractivity contribution in [3.63, 3.8) is 0 Å². The lowest BCUT2D eigenvalue weighted by atomic mass is 10.00. The Balaban J connectivity index is 3.74. The minimum atomic E-state index is -1.33. The molecule has 0 fully saturated rings. The van der Waals surface area contributed by atoms with E-state index in [0.717, 1.165) is 0 Å². The molecule has 0 unspecified atom stereocenters. The Kier molecular flexibility index (Phi) is 5.65. The maximum absolute atomic E-state index is 12.0. The number of methoxy groups -OCH3 is 1. The topological polar surface area (TPSA) is 72.8 Å². The van der Waals surface area contributed by atoms with Gasteiger partial charge in [-0.15, -0.1) is 0 Å². The predicted octanol–water partition coefficient (Wildman–Crippen LogP) is 3.44. The third-order valence-corrected chi connectivity index (χ3v) is 3.46. The highest BCUT2D eigenvalue weighted by Gasteiger charge is 2.29. The van der Waals surface area contributed by atoms with E-state index in [1.807, 2.05) is 0 Å². The van der Waals surface area contributed by atoms with E-state index >= 15 is 0 Å². The molecule has 1 rings (SSSR count). The van der Waals surface area contributed by atoms with E-state index in [1.165, 1.54) is 7.11 Å². The zero-order valence-corrected chi connectivity index (χ0v) is 12.8. The summed E-state index contributed by atoms with van der Waals surface area (Å²) in [7, 11) is 1.29. The van der Waals surface area contributed by atoms with Crippen molar-refractivity contribution in [3.8, 4) is 5.75 Å². The van der Waals surface area contributed by atoms with Crippen LogP contribution in [-0.2, 0) is 11.2 Å². The van der Waals surface area contributed by atoms with E-state index < -0.39 is 11.9 Å². The van der Waals surface area contributed by atoms with Crippen molar-refractivity contribution in [2.24, 2.45) is 0 Å². The fourth-order valence-electron chi connectivity index (χ4n) is 1.84. The highest BCUT2D eigenvalue weighted by molar-refractivity contribution is 6.40. The first kappa shape index (κ1) is 16.6. The maximum Gasteiger partial charge on any atom is 0.341 e. The second kappa shape index (κ2) is 6.81. The average Bonchev–Trinajstić information content (AvgIpc) is 2.39. The van der Waals surface area contributed by atoms with Crippen molar-refractivity contribution in [1.29, 1.82) is 0 Å². The molecule has 0 amide bonds. The van der Waals surface area contributed by atoms with Crippen molar-refractivity contribution >= 4 is 35.1 Å². The number of aromatic carboxylic acids is 1. The molecule has 0 radical (unpaired) electrons. The molecule has 0 spiro atoms. The number of carbonyl (C=O) groups is 2. The van der Waals surface area contributed by atoms with Crippen LogP contribution in [-0.4, -0.2) is 30.8 Å². The number of halogens is 2. The summed E-state index contributed by atoms with van der Waals surface area (Å²) in [6.45, 7) is 3.55. The Hall–Kier alpha value is -1.46. The molecule has 0 aliphatic heterocycles. The highest BCUT2D eigenvalue weighted by atomic mass is 35.5. The standard InChI is InChI=1S/C13H14Cl2O5/c1-4-6-7(13(18)20-5-2)10(15)8(12(16)17)11(19-3)9(6)14/h4-5H2,1-3H3,(H,16,17). The van der Waals surface area contributed by atoms with Gasteiger partial charge in [0.2, 0.25) is 0 Å². The summed E-state index contributed by atoms with van der Waals surface area (Å²) in [5, 5.41) is 9.05. The second-order valence-electron chi connectivity index (χ2n) is 3.77. The minimum Gasteiger partial charge on any atom is -0.494 e. The van der Waals surface area contributed by atoms with Gasteiger partial charge < -0.3 is 14.6 Å². The van der Waals surface area contributed by atoms with Crippen LogP contribution in [0.3, 0.4) is 0 Å². The normalized spacial score (nSPS) is 10.2. The number of benzene rings is 1. The van der Waals surface area contributed by atoms with Gasteiger partial charge in [-0.2, -0.15) is 0 Å². The zero-order valence-electron chi connectivity index (χ0n) is 11.3. The van der Waals surface area contributed by atoms with E-state index in [1.54, 1.807) is 13.8 Å². The Morgan fingerprint density at radius 3 is 2.15 bits per heavy atom. The van der Waals surface area contributed by atoms with Crippen LogP contribution >= 0.6 is 23.2 Å². The quantitative estimate of drug-likeness (QED) is 0.841. The molecule has 0 aliphatic carbocycles. The van der Waals surface area contributed by atoms with Crippen molar-refractivity contribution in [3.05, 3.63) is 26.7 Å². The molecule has 5 nitrogen and oxygen atoms in total. The molecule has 0 atom stereocenters. The molecule has 0 aliphatic rings. The second-order valence-corrected chi connectivity index (χ2v) is 4.52. The number of carbonyl (C=O) groups excluding carboxylic acids is 1. The molecule has 0 aromatic heterocycles. The van der Waals surface area contributed by atoms with Crippen LogP contribution in [0.1, 0.15) is 40.1 Å². The summed E-state index contributed by atoms with van der Waals surface area (Å²) < 4.78 is 9.90. The third-order valence-electron chi connectivity index (χ3n) is 2.68. The van der Waals surface area contributed by atoms with Crippen LogP contribution in [0.4, 0.5) is 0 Å². The summed E-state index contributed by atoms with van der Waals surface area (Å²) in [5.74, 6) is -2.10. The Bertz CT molecular complexity index is 554. The minimum absolute atomic E-state index is 0.0285. The smallest absolute Gasteiger partial charge is 0.341 e. The van der Waals surface area contributed by atoms with E-state index in [-0.39, 0.29) is 33.5 Å². The van der Waals surface area contributed by atoms with Crippen LogP contribution in [0.25, 0.3) is 0 Å². The van der Waals surface area contributed by atoms with Gasteiger partial charge in [-0.25, -0.2) is 9.59 Å². The number of hydrogen-bond donors (Lipinski definition) is 1. The van der Waals surface area contributed by atoms with E-state index in [4.69, 9.17) is 32.7 Å². The van der Waals surface area contributed by atoms with Crippen molar-refractivity contribution in [2.45, 2.75) is 20.3 Å². The monoisotopic (exact) mass is 320 g/mol. The molecule has 0 heterocycles. The SMILES string of the molecule is CCOC(=O)c1c(Cl)c(C(=O)O)c(OC)c(Cl)c1CC. The summed E-state index contributed by atoms with van der Waals surface area (Å²) >= 11 is 12.2. The maximum atomic E-state index is 12.0. The molecule has 0 bridgehead atoms. The van der Waals surface area contributed by atoms with Gasteiger partial charge in [-0.3, -0.25) is 0 Å². The summed E-state index contributed by atoms with van der Waals surface area (Å²) in [5.41, 5.74) is 0.0237. The van der Waals surface area contributed by atoms with Crippen molar-refractivity contribution in [1.82, 2.24) is 0 Å². The van der Waals surface area contributed by atoms with Crippen molar-refractivity contribution in [2.75, 3.05) is 13.7 Å². The first-order valence-corrected chi connectivity index (χ1v) is 6.64. The molecule has 110 valence electrons. The first-order valence-electron chi connectivity index (χ1n) is 5.88. The highest BCUT2D eigenvalue weighted by Crippen LogP contribution is 2.41. The number of ether oxygens (including phenoxy) is 2. The fourth-order valence-corrected chi connectivity index (χ4v) is 2.60. The Morgan fingerprint density at radius 2 is 1.75 bits per heavy atom. The molecule has 7 heteroatoms. The molecule has 20 heavy (non-hydrogen) atoms. The number of rotatable bonds is 5. The number of carboxylic acid groups (broad SMARTS) is 1.